The molecule has 4 rings (SSSR count). The molecule has 2 aromatic heterocycles. The van der Waals surface area contributed by atoms with Crippen molar-refractivity contribution in [3.05, 3.63) is 59.1 Å². The highest BCUT2D eigenvalue weighted by atomic mass is 16.5. The van der Waals surface area contributed by atoms with Crippen LogP contribution in [0.1, 0.15) is 46.6 Å². The van der Waals surface area contributed by atoms with Gasteiger partial charge >= 0.3 is 0 Å². The van der Waals surface area contributed by atoms with Crippen LogP contribution in [0.2, 0.25) is 0 Å². The molecule has 3 aromatic rings. The van der Waals surface area contributed by atoms with Crippen molar-refractivity contribution in [1.82, 2.24) is 15.1 Å². The molecule has 0 unspecified atom stereocenters. The number of benzene rings is 1. The van der Waals surface area contributed by atoms with Crippen LogP contribution in [0.5, 0.6) is 0 Å². The second-order valence-corrected chi connectivity index (χ2v) is 6.39. The molecule has 1 aliphatic carbocycles. The molecule has 3 N–H and O–H groups in total. The zero-order valence-corrected chi connectivity index (χ0v) is 13.4. The van der Waals surface area contributed by atoms with E-state index in [1.165, 1.54) is 11.1 Å². The lowest BCUT2D eigenvalue weighted by atomic mass is 9.64. The number of aromatic amines is 1. The Balaban J connectivity index is 1.70. The third-order valence-corrected chi connectivity index (χ3v) is 4.86. The Morgan fingerprint density at radius 3 is 2.62 bits per heavy atom. The van der Waals surface area contributed by atoms with Crippen molar-refractivity contribution in [2.75, 3.05) is 0 Å². The van der Waals surface area contributed by atoms with E-state index in [0.29, 0.717) is 23.0 Å². The molecule has 122 valence electrons. The zero-order chi connectivity index (χ0) is 16.7. The van der Waals surface area contributed by atoms with Crippen molar-refractivity contribution in [1.29, 1.82) is 0 Å². The first-order chi connectivity index (χ1) is 11.6. The summed E-state index contributed by atoms with van der Waals surface area (Å²) in [5.74, 6) is 0.579. The number of carbonyl (C=O) groups is 1. The van der Waals surface area contributed by atoms with Crippen molar-refractivity contribution >= 4 is 5.91 Å². The number of nitrogens with two attached hydrogens (primary N) is 1. The molecule has 0 spiro atoms. The Morgan fingerprint density at radius 1 is 1.29 bits per heavy atom. The van der Waals surface area contributed by atoms with Gasteiger partial charge in [-0.25, -0.2) is 0 Å². The van der Waals surface area contributed by atoms with Gasteiger partial charge in [0.15, 0.2) is 0 Å². The SMILES string of the molecule is Cc1ccc(C2(c3nc(-c4cc(C(N)=O)c[nH]4)no3)CCC2)cc1. The van der Waals surface area contributed by atoms with Crippen LogP contribution in [0.15, 0.2) is 41.1 Å². The van der Waals surface area contributed by atoms with Crippen LogP contribution in [0.25, 0.3) is 11.5 Å². The molecular weight excluding hydrogens is 304 g/mol. The number of carbonyl (C=O) groups excluding carboxylic acids is 1. The van der Waals surface area contributed by atoms with E-state index in [4.69, 9.17) is 10.3 Å². The smallest absolute Gasteiger partial charge is 0.250 e. The van der Waals surface area contributed by atoms with E-state index >= 15 is 0 Å². The molecule has 6 heteroatoms. The quantitative estimate of drug-likeness (QED) is 0.771. The molecule has 24 heavy (non-hydrogen) atoms. The lowest BCUT2D eigenvalue weighted by Crippen LogP contribution is -2.35. The fourth-order valence-electron chi connectivity index (χ4n) is 3.22. The summed E-state index contributed by atoms with van der Waals surface area (Å²) in [5, 5.41) is 4.08. The Hall–Kier alpha value is -2.89. The highest BCUT2D eigenvalue weighted by Crippen LogP contribution is 2.48. The zero-order valence-electron chi connectivity index (χ0n) is 13.4. The highest BCUT2D eigenvalue weighted by molar-refractivity contribution is 5.93. The van der Waals surface area contributed by atoms with Crippen molar-refractivity contribution < 1.29 is 9.32 Å². The Labute approximate surface area is 139 Å². The minimum atomic E-state index is -0.490. The molecule has 1 saturated carbocycles. The lowest BCUT2D eigenvalue weighted by molar-refractivity contribution is 0.100. The molecule has 1 aliphatic rings. The second kappa shape index (κ2) is 5.33. The van der Waals surface area contributed by atoms with E-state index in [1.54, 1.807) is 12.3 Å². The van der Waals surface area contributed by atoms with Crippen LogP contribution in [0.4, 0.5) is 0 Å². The van der Waals surface area contributed by atoms with Gasteiger partial charge in [0.2, 0.25) is 17.6 Å². The third kappa shape index (κ3) is 2.22. The normalized spacial score (nSPS) is 15.9. The molecule has 1 aromatic carbocycles. The summed E-state index contributed by atoms with van der Waals surface area (Å²) < 4.78 is 5.58. The molecule has 1 amide bonds. The van der Waals surface area contributed by atoms with Crippen molar-refractivity contribution in [2.45, 2.75) is 31.6 Å². The van der Waals surface area contributed by atoms with Gasteiger partial charge in [-0.05, 0) is 31.4 Å². The predicted molar refractivity (Wildman–Crippen MR) is 88.4 cm³/mol. The topological polar surface area (TPSA) is 97.8 Å². The van der Waals surface area contributed by atoms with Crippen LogP contribution in [0.3, 0.4) is 0 Å². The first-order valence-electron chi connectivity index (χ1n) is 7.98. The Morgan fingerprint density at radius 2 is 2.04 bits per heavy atom. The number of hydrogen-bond acceptors (Lipinski definition) is 4. The minimum absolute atomic E-state index is 0.196. The number of aryl methyl sites for hydroxylation is 1. The minimum Gasteiger partial charge on any atom is -0.366 e. The number of primary amides is 1. The summed E-state index contributed by atoms with van der Waals surface area (Å²) in [5.41, 5.74) is 8.53. The fourth-order valence-corrected chi connectivity index (χ4v) is 3.22. The van der Waals surface area contributed by atoms with Gasteiger partial charge in [0.1, 0.15) is 0 Å². The number of hydrogen-bond donors (Lipinski definition) is 2. The molecule has 0 radical (unpaired) electrons. The number of H-pyrrole nitrogens is 1. The van der Waals surface area contributed by atoms with E-state index in [0.717, 1.165) is 19.3 Å². The summed E-state index contributed by atoms with van der Waals surface area (Å²) in [4.78, 5) is 18.8. The van der Waals surface area contributed by atoms with E-state index in [-0.39, 0.29) is 5.41 Å². The van der Waals surface area contributed by atoms with Gasteiger partial charge in [-0.2, -0.15) is 4.98 Å². The molecule has 0 aliphatic heterocycles. The summed E-state index contributed by atoms with van der Waals surface area (Å²) in [7, 11) is 0. The predicted octanol–water partition coefficient (Wildman–Crippen LogP) is 2.94. The maximum absolute atomic E-state index is 11.2. The Kier molecular flexibility index (Phi) is 3.26. The van der Waals surface area contributed by atoms with Crippen molar-refractivity contribution in [2.24, 2.45) is 5.73 Å². The van der Waals surface area contributed by atoms with E-state index in [1.807, 2.05) is 0 Å². The van der Waals surface area contributed by atoms with Gasteiger partial charge < -0.3 is 15.2 Å². The molecule has 0 saturated heterocycles. The fraction of sp³-hybridized carbons (Fsp3) is 0.278. The molecule has 0 atom stereocenters. The van der Waals surface area contributed by atoms with Gasteiger partial charge in [-0.1, -0.05) is 41.4 Å². The summed E-state index contributed by atoms with van der Waals surface area (Å²) in [6, 6.07) is 10.1. The van der Waals surface area contributed by atoms with E-state index in [9.17, 15) is 4.79 Å². The van der Waals surface area contributed by atoms with Crippen LogP contribution >= 0.6 is 0 Å². The summed E-state index contributed by atoms with van der Waals surface area (Å²) in [6.45, 7) is 2.07. The van der Waals surface area contributed by atoms with Gasteiger partial charge in [0.05, 0.1) is 16.7 Å². The van der Waals surface area contributed by atoms with Crippen LogP contribution in [-0.4, -0.2) is 21.0 Å². The molecule has 0 bridgehead atoms. The first-order valence-corrected chi connectivity index (χ1v) is 7.98. The van der Waals surface area contributed by atoms with Crippen molar-refractivity contribution in [3.63, 3.8) is 0 Å². The largest absolute Gasteiger partial charge is 0.366 e. The van der Waals surface area contributed by atoms with Crippen LogP contribution in [0, 0.1) is 6.92 Å². The van der Waals surface area contributed by atoms with Gasteiger partial charge in [-0.3, -0.25) is 4.79 Å². The van der Waals surface area contributed by atoms with Crippen molar-refractivity contribution in [3.8, 4) is 11.5 Å². The van der Waals surface area contributed by atoms with Gasteiger partial charge in [-0.15, -0.1) is 0 Å². The lowest BCUT2D eigenvalue weighted by Gasteiger charge is -2.38. The van der Waals surface area contributed by atoms with E-state index < -0.39 is 5.91 Å². The summed E-state index contributed by atoms with van der Waals surface area (Å²) >= 11 is 0. The van der Waals surface area contributed by atoms with Crippen LogP contribution in [-0.2, 0) is 5.41 Å². The number of nitrogens with one attached hydrogen (secondary N) is 1. The second-order valence-electron chi connectivity index (χ2n) is 6.39. The monoisotopic (exact) mass is 322 g/mol. The van der Waals surface area contributed by atoms with Crippen LogP contribution < -0.4 is 5.73 Å². The Bertz CT molecular complexity index is 888. The van der Waals surface area contributed by atoms with Gasteiger partial charge in [0.25, 0.3) is 0 Å². The van der Waals surface area contributed by atoms with E-state index in [2.05, 4.69) is 46.3 Å². The molecular formula is C18H18N4O2. The highest BCUT2D eigenvalue weighted by Gasteiger charge is 2.45. The average molecular weight is 322 g/mol. The maximum atomic E-state index is 11.2. The molecule has 1 fully saturated rings. The number of nitrogens with zero attached hydrogens (tertiary/aromatic N) is 2. The summed E-state index contributed by atoms with van der Waals surface area (Å²) in [6.07, 6.45) is 4.68. The first kappa shape index (κ1) is 14.7. The maximum Gasteiger partial charge on any atom is 0.250 e. The molecule has 6 nitrogen and oxygen atoms in total. The number of rotatable bonds is 4. The average Bonchev–Trinajstić information content (AvgIpc) is 3.17. The van der Waals surface area contributed by atoms with Gasteiger partial charge in [0, 0.05) is 6.20 Å². The molecule has 2 heterocycles. The number of amides is 1. The standard InChI is InChI=1S/C18H18N4O2/c1-11-3-5-13(6-4-11)18(7-2-8-18)17-21-16(22-24-17)14-9-12(10-20-14)15(19)23/h3-6,9-10,20H,2,7-8H2,1H3,(H2,19,23). The number of aromatic nitrogens is 3. The third-order valence-electron chi connectivity index (χ3n) is 4.86.